The fourth-order valence-electron chi connectivity index (χ4n) is 1.88. The van der Waals surface area contributed by atoms with E-state index in [9.17, 15) is 9.59 Å². The van der Waals surface area contributed by atoms with E-state index in [-0.39, 0.29) is 11.8 Å². The predicted molar refractivity (Wildman–Crippen MR) is 88.8 cm³/mol. The number of thiophene rings is 1. The van der Waals surface area contributed by atoms with Crippen molar-refractivity contribution < 1.29 is 9.59 Å². The molecule has 4 N–H and O–H groups in total. The molecule has 2 heterocycles. The molecule has 0 aromatic carbocycles. The highest BCUT2D eigenvalue weighted by atomic mass is 32.1. The summed E-state index contributed by atoms with van der Waals surface area (Å²) in [7, 11) is 0. The Bertz CT molecular complexity index is 651. The number of amides is 2. The summed E-state index contributed by atoms with van der Waals surface area (Å²) in [6, 6.07) is 4.13. The van der Waals surface area contributed by atoms with Gasteiger partial charge in [0, 0.05) is 28.5 Å². The Hall–Kier alpha value is -1.77. The van der Waals surface area contributed by atoms with Gasteiger partial charge in [0.05, 0.1) is 5.69 Å². The number of aromatic nitrogens is 1. The zero-order valence-corrected chi connectivity index (χ0v) is 13.9. The van der Waals surface area contributed by atoms with E-state index < -0.39 is 0 Å². The van der Waals surface area contributed by atoms with Crippen molar-refractivity contribution in [2.45, 2.75) is 32.6 Å². The number of nitrogens with zero attached hydrogens (tertiary/aromatic N) is 1. The summed E-state index contributed by atoms with van der Waals surface area (Å²) in [6.45, 7) is 1.47. The SMILES string of the molecule is CC(=O)Nc1nc(CCc2ccc(CCC(=O)NN)s2)cs1. The Balaban J connectivity index is 1.81. The highest BCUT2D eigenvalue weighted by Gasteiger charge is 2.06. The van der Waals surface area contributed by atoms with Crippen LogP contribution in [0.15, 0.2) is 17.5 Å². The average molecular weight is 338 g/mol. The first-order valence-corrected chi connectivity index (χ1v) is 8.55. The van der Waals surface area contributed by atoms with E-state index in [1.807, 2.05) is 11.4 Å². The Morgan fingerprint density at radius 2 is 1.95 bits per heavy atom. The molecule has 2 amide bonds. The van der Waals surface area contributed by atoms with Crippen molar-refractivity contribution in [3.63, 3.8) is 0 Å². The molecule has 8 heteroatoms. The van der Waals surface area contributed by atoms with Gasteiger partial charge in [-0.05, 0) is 31.4 Å². The molecule has 118 valence electrons. The summed E-state index contributed by atoms with van der Waals surface area (Å²) in [4.78, 5) is 28.9. The number of hydrogen-bond acceptors (Lipinski definition) is 6. The molecule has 6 nitrogen and oxygen atoms in total. The Morgan fingerprint density at radius 3 is 2.64 bits per heavy atom. The second-order valence-electron chi connectivity index (χ2n) is 4.76. The number of carbonyl (C=O) groups is 2. The summed E-state index contributed by atoms with van der Waals surface area (Å²) in [5, 5.41) is 5.29. The number of anilines is 1. The molecule has 2 rings (SSSR count). The molecule has 0 unspecified atom stereocenters. The maximum absolute atomic E-state index is 11.1. The van der Waals surface area contributed by atoms with Crippen molar-refractivity contribution in [1.29, 1.82) is 0 Å². The van der Waals surface area contributed by atoms with Crippen LogP contribution in [-0.2, 0) is 28.9 Å². The minimum absolute atomic E-state index is 0.106. The number of aryl methyl sites for hydroxylation is 3. The van der Waals surface area contributed by atoms with Crippen LogP contribution in [0.5, 0.6) is 0 Å². The van der Waals surface area contributed by atoms with E-state index in [4.69, 9.17) is 5.84 Å². The van der Waals surface area contributed by atoms with Gasteiger partial charge in [0.15, 0.2) is 5.13 Å². The van der Waals surface area contributed by atoms with E-state index in [0.717, 1.165) is 18.5 Å². The highest BCUT2D eigenvalue weighted by molar-refractivity contribution is 7.14. The number of nitrogens with one attached hydrogen (secondary N) is 2. The number of rotatable bonds is 7. The first-order valence-electron chi connectivity index (χ1n) is 6.86. The molecule has 0 aliphatic rings. The average Bonchev–Trinajstić information content (AvgIpc) is 3.11. The highest BCUT2D eigenvalue weighted by Crippen LogP contribution is 2.21. The molecule has 0 aliphatic heterocycles. The van der Waals surface area contributed by atoms with Gasteiger partial charge in [0.1, 0.15) is 0 Å². The van der Waals surface area contributed by atoms with Gasteiger partial charge in [-0.25, -0.2) is 10.8 Å². The minimum Gasteiger partial charge on any atom is -0.302 e. The topological polar surface area (TPSA) is 97.1 Å². The summed E-state index contributed by atoms with van der Waals surface area (Å²) in [6.07, 6.45) is 2.84. The van der Waals surface area contributed by atoms with Gasteiger partial charge in [0.25, 0.3) is 0 Å². The van der Waals surface area contributed by atoms with Gasteiger partial charge >= 0.3 is 0 Å². The van der Waals surface area contributed by atoms with Gasteiger partial charge in [-0.2, -0.15) is 0 Å². The smallest absolute Gasteiger partial charge is 0.234 e. The van der Waals surface area contributed by atoms with Crippen LogP contribution in [0.25, 0.3) is 0 Å². The van der Waals surface area contributed by atoms with E-state index >= 15 is 0 Å². The van der Waals surface area contributed by atoms with E-state index in [1.165, 1.54) is 28.0 Å². The zero-order valence-electron chi connectivity index (χ0n) is 12.2. The fraction of sp³-hybridized carbons (Fsp3) is 0.357. The molecule has 22 heavy (non-hydrogen) atoms. The van der Waals surface area contributed by atoms with Crippen molar-refractivity contribution in [1.82, 2.24) is 10.4 Å². The van der Waals surface area contributed by atoms with Crippen LogP contribution < -0.4 is 16.6 Å². The first-order chi connectivity index (χ1) is 10.6. The lowest BCUT2D eigenvalue weighted by atomic mass is 10.2. The first kappa shape index (κ1) is 16.6. The van der Waals surface area contributed by atoms with Crippen molar-refractivity contribution >= 4 is 39.6 Å². The van der Waals surface area contributed by atoms with Gasteiger partial charge in [-0.1, -0.05) is 0 Å². The maximum atomic E-state index is 11.1. The third-order valence-corrected chi connectivity index (χ3v) is 4.95. The van der Waals surface area contributed by atoms with Crippen LogP contribution >= 0.6 is 22.7 Å². The lowest BCUT2D eigenvalue weighted by molar-refractivity contribution is -0.121. The number of hydrazine groups is 1. The van der Waals surface area contributed by atoms with E-state index in [2.05, 4.69) is 21.8 Å². The molecule has 0 saturated carbocycles. The molecule has 2 aromatic heterocycles. The summed E-state index contributed by atoms with van der Waals surface area (Å²) < 4.78 is 0. The van der Waals surface area contributed by atoms with E-state index in [0.29, 0.717) is 18.0 Å². The standard InChI is InChI=1S/C14H18N4O2S2/c1-9(19)16-14-17-10(8-21-14)2-3-11-4-5-12(22-11)6-7-13(20)18-15/h4-5,8H,2-3,6-7,15H2,1H3,(H,18,20)(H,16,17,19). The summed E-state index contributed by atoms with van der Waals surface area (Å²) in [5.74, 6) is 4.80. The molecule has 0 aliphatic carbocycles. The second-order valence-corrected chi connectivity index (χ2v) is 6.87. The Labute approximate surface area is 136 Å². The number of carbonyl (C=O) groups excluding carboxylic acids is 2. The second kappa shape index (κ2) is 8.02. The predicted octanol–water partition coefficient (Wildman–Crippen LogP) is 1.87. The molecular weight excluding hydrogens is 320 g/mol. The Kier molecular flexibility index (Phi) is 6.05. The third-order valence-electron chi connectivity index (χ3n) is 2.94. The zero-order chi connectivity index (χ0) is 15.9. The maximum Gasteiger partial charge on any atom is 0.234 e. The normalized spacial score (nSPS) is 10.5. The minimum atomic E-state index is -0.150. The quantitative estimate of drug-likeness (QED) is 0.408. The summed E-state index contributed by atoms with van der Waals surface area (Å²) in [5.41, 5.74) is 3.11. The van der Waals surface area contributed by atoms with Gasteiger partial charge in [-0.15, -0.1) is 22.7 Å². The van der Waals surface area contributed by atoms with Crippen molar-refractivity contribution in [3.8, 4) is 0 Å². The van der Waals surface area contributed by atoms with Crippen LogP contribution in [0.3, 0.4) is 0 Å². The molecule has 0 saturated heterocycles. The molecule has 0 bridgehead atoms. The largest absolute Gasteiger partial charge is 0.302 e. The third kappa shape index (κ3) is 5.21. The van der Waals surface area contributed by atoms with Gasteiger partial charge in [0.2, 0.25) is 11.8 Å². The Morgan fingerprint density at radius 1 is 1.23 bits per heavy atom. The van der Waals surface area contributed by atoms with Gasteiger partial charge in [-0.3, -0.25) is 15.0 Å². The van der Waals surface area contributed by atoms with Crippen molar-refractivity contribution in [2.24, 2.45) is 5.84 Å². The van der Waals surface area contributed by atoms with E-state index in [1.54, 1.807) is 11.3 Å². The van der Waals surface area contributed by atoms with Crippen LogP contribution in [-0.4, -0.2) is 16.8 Å². The number of nitrogens with two attached hydrogens (primary N) is 1. The van der Waals surface area contributed by atoms with Crippen LogP contribution in [0, 0.1) is 0 Å². The van der Waals surface area contributed by atoms with Gasteiger partial charge < -0.3 is 5.32 Å². The molecule has 0 spiro atoms. The fourth-order valence-corrected chi connectivity index (χ4v) is 3.69. The van der Waals surface area contributed by atoms with Crippen LogP contribution in [0.2, 0.25) is 0 Å². The van der Waals surface area contributed by atoms with Crippen LogP contribution in [0.4, 0.5) is 5.13 Å². The van der Waals surface area contributed by atoms with Crippen molar-refractivity contribution in [3.05, 3.63) is 33.0 Å². The lowest BCUT2D eigenvalue weighted by Crippen LogP contribution is -2.29. The molecule has 0 atom stereocenters. The molecular formula is C14H18N4O2S2. The lowest BCUT2D eigenvalue weighted by Gasteiger charge is -1.97. The van der Waals surface area contributed by atoms with Crippen molar-refractivity contribution in [2.75, 3.05) is 5.32 Å². The summed E-state index contributed by atoms with van der Waals surface area (Å²) >= 11 is 3.14. The number of hydrogen-bond donors (Lipinski definition) is 3. The molecule has 0 radical (unpaired) electrons. The molecule has 2 aromatic rings. The van der Waals surface area contributed by atoms with Crippen LogP contribution in [0.1, 0.15) is 28.8 Å². The molecule has 0 fully saturated rings. The number of thiazole rings is 1. The monoisotopic (exact) mass is 338 g/mol.